The molecular formula is C9H7F3O3S. The number of halogens is 3. The van der Waals surface area contributed by atoms with Crippen LogP contribution in [0, 0.1) is 17.5 Å². The number of Topliss-reactive ketones (excluding diaryl/α,β-unsaturated/α-hetero) is 1. The van der Waals surface area contributed by atoms with Crippen molar-refractivity contribution in [1.29, 1.82) is 0 Å². The third-order valence-corrected chi connectivity index (χ3v) is 2.49. The van der Waals surface area contributed by atoms with Gasteiger partial charge in [-0.3, -0.25) is 4.79 Å². The van der Waals surface area contributed by atoms with Gasteiger partial charge in [0.15, 0.2) is 27.3 Å². The van der Waals surface area contributed by atoms with E-state index < -0.39 is 44.4 Å². The first kappa shape index (κ1) is 12.7. The fourth-order valence-electron chi connectivity index (χ4n) is 1.05. The molecular weight excluding hydrogens is 245 g/mol. The van der Waals surface area contributed by atoms with E-state index in [1.807, 2.05) is 0 Å². The predicted molar refractivity (Wildman–Crippen MR) is 50.4 cm³/mol. The van der Waals surface area contributed by atoms with Crippen LogP contribution in [0.4, 0.5) is 13.2 Å². The monoisotopic (exact) mass is 252 g/mol. The van der Waals surface area contributed by atoms with Crippen molar-refractivity contribution in [2.24, 2.45) is 0 Å². The highest BCUT2D eigenvalue weighted by Crippen LogP contribution is 2.14. The first-order valence-electron chi connectivity index (χ1n) is 4.06. The lowest BCUT2D eigenvalue weighted by atomic mass is 10.1. The maximum absolute atomic E-state index is 13.0. The summed E-state index contributed by atoms with van der Waals surface area (Å²) >= 11 is 0. The Kier molecular flexibility index (Phi) is 3.37. The molecule has 0 aliphatic carbocycles. The summed E-state index contributed by atoms with van der Waals surface area (Å²) in [4.78, 5) is 11.2. The lowest BCUT2D eigenvalue weighted by Crippen LogP contribution is -2.16. The maximum atomic E-state index is 13.0. The molecule has 0 heterocycles. The van der Waals surface area contributed by atoms with Crippen molar-refractivity contribution in [3.63, 3.8) is 0 Å². The quantitative estimate of drug-likeness (QED) is 0.602. The Morgan fingerprint density at radius 2 is 1.62 bits per heavy atom. The van der Waals surface area contributed by atoms with Crippen molar-refractivity contribution in [2.45, 2.75) is 0 Å². The molecule has 88 valence electrons. The molecule has 7 heteroatoms. The van der Waals surface area contributed by atoms with Gasteiger partial charge in [-0.05, 0) is 6.07 Å². The Morgan fingerprint density at radius 1 is 1.12 bits per heavy atom. The van der Waals surface area contributed by atoms with Gasteiger partial charge in [-0.2, -0.15) is 0 Å². The Morgan fingerprint density at radius 3 is 2.12 bits per heavy atom. The molecule has 0 amide bonds. The zero-order valence-corrected chi connectivity index (χ0v) is 8.95. The standard InChI is InChI=1S/C9H7F3O3S/c1-16(14,15)4-9(13)5-2-7(11)8(12)3-6(5)10/h2-3H,4H2,1H3. The molecule has 1 rings (SSSR count). The van der Waals surface area contributed by atoms with Crippen LogP contribution < -0.4 is 0 Å². The predicted octanol–water partition coefficient (Wildman–Crippen LogP) is 1.33. The molecule has 0 fully saturated rings. The van der Waals surface area contributed by atoms with Crippen molar-refractivity contribution in [2.75, 3.05) is 12.0 Å². The van der Waals surface area contributed by atoms with E-state index in [9.17, 15) is 26.4 Å². The average molecular weight is 252 g/mol. The zero-order valence-electron chi connectivity index (χ0n) is 8.13. The molecule has 1 aromatic rings. The molecule has 0 saturated carbocycles. The normalized spacial score (nSPS) is 11.5. The molecule has 1 aromatic carbocycles. The van der Waals surface area contributed by atoms with Gasteiger partial charge < -0.3 is 0 Å². The van der Waals surface area contributed by atoms with Crippen molar-refractivity contribution < 1.29 is 26.4 Å². The topological polar surface area (TPSA) is 51.2 Å². The number of ketones is 1. The van der Waals surface area contributed by atoms with E-state index in [1.165, 1.54) is 0 Å². The van der Waals surface area contributed by atoms with Crippen molar-refractivity contribution in [3.05, 3.63) is 35.1 Å². The summed E-state index contributed by atoms with van der Waals surface area (Å²) in [5.74, 6) is -6.19. The van der Waals surface area contributed by atoms with Crippen LogP contribution in [0.25, 0.3) is 0 Å². The number of sulfone groups is 1. The van der Waals surface area contributed by atoms with Gasteiger partial charge in [0.25, 0.3) is 0 Å². The first-order valence-corrected chi connectivity index (χ1v) is 6.12. The summed E-state index contributed by atoms with van der Waals surface area (Å²) in [5, 5.41) is 0. The lowest BCUT2D eigenvalue weighted by molar-refractivity contribution is 0.101. The highest BCUT2D eigenvalue weighted by Gasteiger charge is 2.19. The zero-order chi connectivity index (χ0) is 12.5. The van der Waals surface area contributed by atoms with Crippen LogP contribution in [0.2, 0.25) is 0 Å². The molecule has 0 radical (unpaired) electrons. The number of carbonyl (C=O) groups excluding carboxylic acids is 1. The van der Waals surface area contributed by atoms with Gasteiger partial charge in [-0.1, -0.05) is 0 Å². The Hall–Kier alpha value is -1.37. The minimum Gasteiger partial charge on any atom is -0.293 e. The van der Waals surface area contributed by atoms with Crippen molar-refractivity contribution in [3.8, 4) is 0 Å². The molecule has 0 aromatic heterocycles. The second-order valence-corrected chi connectivity index (χ2v) is 5.38. The lowest BCUT2D eigenvalue weighted by Gasteiger charge is -2.02. The molecule has 0 aliphatic heterocycles. The van der Waals surface area contributed by atoms with E-state index in [1.54, 1.807) is 0 Å². The van der Waals surface area contributed by atoms with E-state index in [-0.39, 0.29) is 6.07 Å². The summed E-state index contributed by atoms with van der Waals surface area (Å²) in [6, 6.07) is 0.545. The van der Waals surface area contributed by atoms with Crippen LogP contribution in [0.5, 0.6) is 0 Å². The van der Waals surface area contributed by atoms with E-state index in [0.29, 0.717) is 6.07 Å². The third kappa shape index (κ3) is 3.06. The maximum Gasteiger partial charge on any atom is 0.180 e. The van der Waals surface area contributed by atoms with Crippen LogP contribution in [0.1, 0.15) is 10.4 Å². The Bertz CT molecular complexity index is 537. The first-order chi connectivity index (χ1) is 7.20. The number of carbonyl (C=O) groups is 1. The minimum absolute atomic E-state index is 0.199. The highest BCUT2D eigenvalue weighted by molar-refractivity contribution is 7.91. The van der Waals surface area contributed by atoms with Crippen molar-refractivity contribution >= 4 is 15.6 Å². The molecule has 0 atom stereocenters. The Balaban J connectivity index is 3.15. The SMILES string of the molecule is CS(=O)(=O)CC(=O)c1cc(F)c(F)cc1F. The number of hydrogen-bond donors (Lipinski definition) is 0. The van der Waals surface area contributed by atoms with Gasteiger partial charge in [0.1, 0.15) is 11.6 Å². The summed E-state index contributed by atoms with van der Waals surface area (Å²) in [6.07, 6.45) is 0.780. The molecule has 0 saturated heterocycles. The van der Waals surface area contributed by atoms with Gasteiger partial charge in [0.05, 0.1) is 5.56 Å². The molecule has 16 heavy (non-hydrogen) atoms. The summed E-state index contributed by atoms with van der Waals surface area (Å²) < 4.78 is 59.8. The molecule has 0 spiro atoms. The third-order valence-electron chi connectivity index (χ3n) is 1.70. The van der Waals surface area contributed by atoms with E-state index in [4.69, 9.17) is 0 Å². The fourth-order valence-corrected chi connectivity index (χ4v) is 1.68. The van der Waals surface area contributed by atoms with Crippen LogP contribution in [-0.2, 0) is 9.84 Å². The second-order valence-electron chi connectivity index (χ2n) is 3.24. The minimum atomic E-state index is -3.64. The average Bonchev–Trinajstić information content (AvgIpc) is 2.08. The summed E-state index contributed by atoms with van der Waals surface area (Å²) in [6.45, 7) is 0. The van der Waals surface area contributed by atoms with Crippen LogP contribution in [0.15, 0.2) is 12.1 Å². The highest BCUT2D eigenvalue weighted by atomic mass is 32.2. The van der Waals surface area contributed by atoms with E-state index in [2.05, 4.69) is 0 Å². The van der Waals surface area contributed by atoms with Gasteiger partial charge in [0.2, 0.25) is 0 Å². The summed E-state index contributed by atoms with van der Waals surface area (Å²) in [5.41, 5.74) is -0.774. The van der Waals surface area contributed by atoms with E-state index in [0.717, 1.165) is 6.26 Å². The Labute approximate surface area is 89.8 Å². The summed E-state index contributed by atoms with van der Waals surface area (Å²) in [7, 11) is -3.64. The largest absolute Gasteiger partial charge is 0.293 e. The smallest absolute Gasteiger partial charge is 0.180 e. The van der Waals surface area contributed by atoms with E-state index >= 15 is 0 Å². The second kappa shape index (κ2) is 4.25. The molecule has 3 nitrogen and oxygen atoms in total. The van der Waals surface area contributed by atoms with Crippen molar-refractivity contribution in [1.82, 2.24) is 0 Å². The molecule has 0 aliphatic rings. The number of hydrogen-bond acceptors (Lipinski definition) is 3. The molecule has 0 bridgehead atoms. The van der Waals surface area contributed by atoms with Crippen LogP contribution in [-0.4, -0.2) is 26.2 Å². The number of benzene rings is 1. The van der Waals surface area contributed by atoms with Gasteiger partial charge in [0, 0.05) is 12.3 Å². The van der Waals surface area contributed by atoms with Gasteiger partial charge >= 0.3 is 0 Å². The van der Waals surface area contributed by atoms with Crippen LogP contribution in [0.3, 0.4) is 0 Å². The van der Waals surface area contributed by atoms with Gasteiger partial charge in [-0.25, -0.2) is 21.6 Å². The van der Waals surface area contributed by atoms with Crippen LogP contribution >= 0.6 is 0 Å². The van der Waals surface area contributed by atoms with Gasteiger partial charge in [-0.15, -0.1) is 0 Å². The fraction of sp³-hybridized carbons (Fsp3) is 0.222. The molecule has 0 N–H and O–H groups in total. The molecule has 0 unspecified atom stereocenters. The number of rotatable bonds is 3.